The summed E-state index contributed by atoms with van der Waals surface area (Å²) in [5.41, 5.74) is 1.05. The van der Waals surface area contributed by atoms with Gasteiger partial charge >= 0.3 is 0 Å². The molecule has 1 rings (SSSR count). The lowest BCUT2D eigenvalue weighted by Crippen LogP contribution is -1.92. The van der Waals surface area contributed by atoms with E-state index in [0.717, 1.165) is 15.1 Å². The van der Waals surface area contributed by atoms with Crippen molar-refractivity contribution >= 4 is 32.7 Å². The van der Waals surface area contributed by atoms with Crippen molar-refractivity contribution in [2.75, 3.05) is 7.05 Å². The van der Waals surface area contributed by atoms with E-state index >= 15 is 0 Å². The molecule has 66 valence electrons. The molecule has 1 aromatic rings. The van der Waals surface area contributed by atoms with Gasteiger partial charge in [0.2, 0.25) is 0 Å². The number of rotatable bonds is 1. The van der Waals surface area contributed by atoms with Gasteiger partial charge in [-0.15, -0.1) is 6.42 Å². The highest BCUT2D eigenvalue weighted by atomic mass is 79.9. The first kappa shape index (κ1) is 10.4. The van der Waals surface area contributed by atoms with Gasteiger partial charge in [-0.05, 0) is 29.1 Å². The van der Waals surface area contributed by atoms with Crippen molar-refractivity contribution in [3.63, 3.8) is 0 Å². The molecule has 0 N–H and O–H groups in total. The van der Waals surface area contributed by atoms with Gasteiger partial charge in [-0.2, -0.15) is 0 Å². The highest BCUT2D eigenvalue weighted by Gasteiger charge is 2.00. The van der Waals surface area contributed by atoms with E-state index in [9.17, 15) is 0 Å². The summed E-state index contributed by atoms with van der Waals surface area (Å²) >= 11 is 4.67. The molecule has 0 aliphatic heterocycles. The van der Waals surface area contributed by atoms with Crippen molar-refractivity contribution in [2.45, 2.75) is 0 Å². The summed E-state index contributed by atoms with van der Waals surface area (Å²) in [5.74, 6) is 0. The second-order valence-corrected chi connectivity index (χ2v) is 4.00. The maximum absolute atomic E-state index is 5.20. The summed E-state index contributed by atoms with van der Waals surface area (Å²) in [6.45, 7) is 0. The molecule has 0 fully saturated rings. The molecule has 0 heterocycles. The standard InChI is InChI=1S/C10H8BrNS/c1-3-13-10(12-2)8-4-6-9(11)7-5-8/h1,4-7H,2H3/b12-10-. The quantitative estimate of drug-likeness (QED) is 0.426. The van der Waals surface area contributed by atoms with Gasteiger partial charge in [0.15, 0.2) is 0 Å². The Morgan fingerprint density at radius 3 is 2.54 bits per heavy atom. The molecule has 0 aromatic heterocycles. The predicted molar refractivity (Wildman–Crippen MR) is 63.0 cm³/mol. The van der Waals surface area contributed by atoms with Crippen molar-refractivity contribution in [3.05, 3.63) is 34.3 Å². The Bertz CT molecular complexity index is 348. The number of benzene rings is 1. The lowest BCUT2D eigenvalue weighted by Gasteiger charge is -2.00. The van der Waals surface area contributed by atoms with Crippen LogP contribution in [0.4, 0.5) is 0 Å². The van der Waals surface area contributed by atoms with E-state index in [1.165, 1.54) is 11.8 Å². The molecule has 0 saturated carbocycles. The number of hydrogen-bond donors (Lipinski definition) is 0. The summed E-state index contributed by atoms with van der Waals surface area (Å²) in [6, 6.07) is 7.91. The van der Waals surface area contributed by atoms with E-state index in [1.807, 2.05) is 24.3 Å². The van der Waals surface area contributed by atoms with E-state index in [2.05, 4.69) is 26.2 Å². The molecule has 13 heavy (non-hydrogen) atoms. The Labute approximate surface area is 90.8 Å². The first-order valence-corrected chi connectivity index (χ1v) is 5.24. The molecule has 3 heteroatoms. The fraction of sp³-hybridized carbons (Fsp3) is 0.100. The first-order valence-electron chi connectivity index (χ1n) is 3.63. The molecule has 0 atom stereocenters. The fourth-order valence-corrected chi connectivity index (χ4v) is 1.60. The Morgan fingerprint density at radius 2 is 2.08 bits per heavy atom. The zero-order valence-electron chi connectivity index (χ0n) is 7.12. The summed E-state index contributed by atoms with van der Waals surface area (Å²) in [4.78, 5) is 4.10. The van der Waals surface area contributed by atoms with Crippen molar-refractivity contribution in [1.29, 1.82) is 0 Å². The maximum Gasteiger partial charge on any atom is 0.110 e. The number of thioether (sulfide) groups is 1. The van der Waals surface area contributed by atoms with Crippen molar-refractivity contribution in [2.24, 2.45) is 4.99 Å². The Kier molecular flexibility index (Phi) is 4.07. The van der Waals surface area contributed by atoms with Crippen LogP contribution in [0.1, 0.15) is 5.56 Å². The number of aliphatic imine (C=N–C) groups is 1. The molecule has 0 saturated heterocycles. The van der Waals surface area contributed by atoms with Gasteiger partial charge in [-0.3, -0.25) is 4.99 Å². The lowest BCUT2D eigenvalue weighted by molar-refractivity contribution is 1.45. The molecular formula is C10H8BrNS. The van der Waals surface area contributed by atoms with E-state index in [1.54, 1.807) is 7.05 Å². The monoisotopic (exact) mass is 253 g/mol. The molecule has 0 aliphatic rings. The summed E-state index contributed by atoms with van der Waals surface area (Å²) in [5, 5.41) is 3.38. The van der Waals surface area contributed by atoms with Crippen molar-refractivity contribution < 1.29 is 0 Å². The molecule has 1 nitrogen and oxygen atoms in total. The molecule has 0 unspecified atom stereocenters. The molecule has 0 radical (unpaired) electrons. The second kappa shape index (κ2) is 5.11. The topological polar surface area (TPSA) is 12.4 Å². The van der Waals surface area contributed by atoms with Crippen LogP contribution in [-0.2, 0) is 0 Å². The van der Waals surface area contributed by atoms with Gasteiger partial charge in [0.1, 0.15) is 5.04 Å². The number of nitrogens with zero attached hydrogens (tertiary/aromatic N) is 1. The van der Waals surface area contributed by atoms with E-state index < -0.39 is 0 Å². The minimum Gasteiger partial charge on any atom is -0.280 e. The Morgan fingerprint density at radius 1 is 1.46 bits per heavy atom. The predicted octanol–water partition coefficient (Wildman–Crippen LogP) is 3.15. The number of halogens is 1. The van der Waals surface area contributed by atoms with Gasteiger partial charge in [-0.1, -0.05) is 28.1 Å². The van der Waals surface area contributed by atoms with Crippen LogP contribution in [0.2, 0.25) is 0 Å². The molecular weight excluding hydrogens is 246 g/mol. The number of hydrogen-bond acceptors (Lipinski definition) is 2. The molecule has 0 bridgehead atoms. The van der Waals surface area contributed by atoms with Crippen LogP contribution >= 0.6 is 27.7 Å². The number of terminal acetylenes is 1. The average Bonchev–Trinajstić information content (AvgIpc) is 2.16. The van der Waals surface area contributed by atoms with Crippen LogP contribution < -0.4 is 0 Å². The third-order valence-corrected chi connectivity index (χ3v) is 2.71. The lowest BCUT2D eigenvalue weighted by atomic mass is 10.2. The minimum atomic E-state index is 0.870. The van der Waals surface area contributed by atoms with Gasteiger partial charge in [0.05, 0.1) is 0 Å². The molecule has 0 amide bonds. The van der Waals surface area contributed by atoms with Gasteiger partial charge in [-0.25, -0.2) is 0 Å². The van der Waals surface area contributed by atoms with E-state index in [0.29, 0.717) is 0 Å². The molecule has 0 aliphatic carbocycles. The van der Waals surface area contributed by atoms with Gasteiger partial charge < -0.3 is 0 Å². The van der Waals surface area contributed by atoms with Crippen LogP contribution in [0, 0.1) is 11.7 Å². The summed E-state index contributed by atoms with van der Waals surface area (Å²) in [6.07, 6.45) is 5.20. The van der Waals surface area contributed by atoms with Crippen LogP contribution in [0.3, 0.4) is 0 Å². The van der Waals surface area contributed by atoms with Crippen molar-refractivity contribution in [3.8, 4) is 11.7 Å². The average molecular weight is 254 g/mol. The van der Waals surface area contributed by atoms with Crippen LogP contribution in [0.5, 0.6) is 0 Å². The minimum absolute atomic E-state index is 0.870. The normalized spacial score (nSPS) is 11.0. The summed E-state index contributed by atoms with van der Waals surface area (Å²) in [7, 11) is 1.74. The highest BCUT2D eigenvalue weighted by molar-refractivity contribution is 9.10. The van der Waals surface area contributed by atoms with Crippen LogP contribution in [0.25, 0.3) is 0 Å². The van der Waals surface area contributed by atoms with E-state index in [4.69, 9.17) is 6.42 Å². The maximum atomic E-state index is 5.20. The second-order valence-electron chi connectivity index (χ2n) is 2.26. The zero-order valence-corrected chi connectivity index (χ0v) is 9.52. The first-order chi connectivity index (χ1) is 6.27. The Hall–Kier alpha value is -0.720. The summed E-state index contributed by atoms with van der Waals surface area (Å²) < 4.78 is 1.05. The van der Waals surface area contributed by atoms with E-state index in [-0.39, 0.29) is 0 Å². The largest absolute Gasteiger partial charge is 0.280 e. The SMILES string of the molecule is C#CS/C(=N\C)c1ccc(Br)cc1. The van der Waals surface area contributed by atoms with Crippen LogP contribution in [0.15, 0.2) is 33.7 Å². The van der Waals surface area contributed by atoms with Gasteiger partial charge in [0.25, 0.3) is 0 Å². The van der Waals surface area contributed by atoms with Crippen LogP contribution in [-0.4, -0.2) is 12.1 Å². The smallest absolute Gasteiger partial charge is 0.110 e. The zero-order chi connectivity index (χ0) is 9.68. The van der Waals surface area contributed by atoms with Crippen molar-refractivity contribution in [1.82, 2.24) is 0 Å². The van der Waals surface area contributed by atoms with Gasteiger partial charge in [0, 0.05) is 17.1 Å². The molecule has 0 spiro atoms. The fourth-order valence-electron chi connectivity index (χ4n) is 0.882. The third kappa shape index (κ3) is 2.91. The Balaban J connectivity index is 2.95. The highest BCUT2D eigenvalue weighted by Crippen LogP contribution is 2.15. The third-order valence-electron chi connectivity index (χ3n) is 1.45. The molecule has 1 aromatic carbocycles.